The van der Waals surface area contributed by atoms with Crippen LogP contribution in [0, 0.1) is 34.5 Å². The van der Waals surface area contributed by atoms with Crippen LogP contribution in [0.3, 0.4) is 0 Å². The second kappa shape index (κ2) is 7.66. The van der Waals surface area contributed by atoms with Crippen LogP contribution in [-0.2, 0) is 20.8 Å². The number of Topliss-reactive ketones (excluding diaryl/α,β-unsaturated/α-hetero) is 3. The van der Waals surface area contributed by atoms with Crippen LogP contribution >= 0.6 is 0 Å². The van der Waals surface area contributed by atoms with Gasteiger partial charge in [0.05, 0.1) is 11.1 Å². The number of phenolic OH excluding ortho intramolecular Hbond substituents is 1. The summed E-state index contributed by atoms with van der Waals surface area (Å²) in [6, 6.07) is 3.09. The molecule has 3 N–H and O–H groups in total. The van der Waals surface area contributed by atoms with Crippen LogP contribution in [0.2, 0.25) is 0 Å². The number of benzene rings is 1. The predicted octanol–water partition coefficient (Wildman–Crippen LogP) is 4.07. The first kappa shape index (κ1) is 24.9. The Labute approximate surface area is 205 Å². The fourth-order valence-corrected chi connectivity index (χ4v) is 7.50. The van der Waals surface area contributed by atoms with Crippen LogP contribution < -0.4 is 0 Å². The minimum atomic E-state index is -2.51. The van der Waals surface area contributed by atoms with Crippen LogP contribution in [-0.4, -0.2) is 38.3 Å². The molecule has 0 spiro atoms. The smallest absolute Gasteiger partial charge is 0.206 e. The summed E-state index contributed by atoms with van der Waals surface area (Å²) < 4.78 is 0. The van der Waals surface area contributed by atoms with Crippen molar-refractivity contribution >= 4 is 23.1 Å². The number of carbonyl (C=O) groups excluding carboxylic acids is 3. The first-order valence-corrected chi connectivity index (χ1v) is 11.9. The Morgan fingerprint density at radius 2 is 1.77 bits per heavy atom. The number of allylic oxidation sites excluding steroid dienone is 1. The highest BCUT2D eigenvalue weighted by molar-refractivity contribution is 6.33. The number of hydrogen-bond donors (Lipinski definition) is 3. The van der Waals surface area contributed by atoms with Gasteiger partial charge in [-0.2, -0.15) is 0 Å². The monoisotopic (exact) mass is 476 g/mol. The van der Waals surface area contributed by atoms with Crippen LogP contribution in [0.4, 0.5) is 0 Å². The summed E-state index contributed by atoms with van der Waals surface area (Å²) in [4.78, 5) is 40.4. The minimum absolute atomic E-state index is 0.0778. The topological polar surface area (TPSA) is 112 Å². The van der Waals surface area contributed by atoms with E-state index >= 15 is 0 Å². The second-order valence-corrected chi connectivity index (χ2v) is 11.1. The van der Waals surface area contributed by atoms with Gasteiger partial charge in [-0.15, -0.1) is 5.92 Å². The van der Waals surface area contributed by atoms with E-state index in [0.717, 1.165) is 0 Å². The zero-order chi connectivity index (χ0) is 26.2. The molecule has 6 nitrogen and oxygen atoms in total. The average Bonchev–Trinajstić information content (AvgIpc) is 2.72. The molecule has 35 heavy (non-hydrogen) atoms. The number of aliphatic hydroxyl groups excluding tert-OH is 1. The first-order valence-electron chi connectivity index (χ1n) is 11.9. The Balaban J connectivity index is 2.08. The minimum Gasteiger partial charge on any atom is -0.507 e. The Morgan fingerprint density at radius 1 is 1.14 bits per heavy atom. The molecule has 1 fully saturated rings. The average molecular weight is 477 g/mol. The molecule has 0 aliphatic heterocycles. The number of phenols is 1. The fraction of sp³-hybridized carbons (Fsp3) is 0.483. The van der Waals surface area contributed by atoms with Crippen molar-refractivity contribution < 1.29 is 29.7 Å². The quantitative estimate of drug-likeness (QED) is 0.337. The zero-order valence-corrected chi connectivity index (χ0v) is 21.3. The van der Waals surface area contributed by atoms with E-state index in [9.17, 15) is 29.7 Å². The van der Waals surface area contributed by atoms with E-state index in [0.29, 0.717) is 23.1 Å². The summed E-state index contributed by atoms with van der Waals surface area (Å²) in [6.07, 6.45) is 0.506. The molecule has 0 radical (unpaired) electrons. The molecule has 1 aromatic rings. The third-order valence-corrected chi connectivity index (χ3v) is 8.46. The highest BCUT2D eigenvalue weighted by atomic mass is 16.3. The van der Waals surface area contributed by atoms with Gasteiger partial charge in [-0.25, -0.2) is 0 Å². The molecule has 0 saturated heterocycles. The lowest BCUT2D eigenvalue weighted by Crippen LogP contribution is -2.70. The lowest BCUT2D eigenvalue weighted by Gasteiger charge is -2.60. The molecule has 0 amide bonds. The number of ketones is 3. The van der Waals surface area contributed by atoms with E-state index in [1.165, 1.54) is 13.0 Å². The molecular formula is C29H32O6. The molecule has 184 valence electrons. The van der Waals surface area contributed by atoms with Gasteiger partial charge in [0.25, 0.3) is 0 Å². The summed E-state index contributed by atoms with van der Waals surface area (Å²) in [7, 11) is 0. The fourth-order valence-electron chi connectivity index (χ4n) is 7.50. The van der Waals surface area contributed by atoms with Gasteiger partial charge in [0.2, 0.25) is 11.6 Å². The van der Waals surface area contributed by atoms with Crippen molar-refractivity contribution in [1.82, 2.24) is 0 Å². The van der Waals surface area contributed by atoms with Gasteiger partial charge in [-0.3, -0.25) is 14.4 Å². The maximum absolute atomic E-state index is 14.2. The summed E-state index contributed by atoms with van der Waals surface area (Å²) in [6.45, 7) is 12.2. The highest BCUT2D eigenvalue weighted by Crippen LogP contribution is 2.65. The lowest BCUT2D eigenvalue weighted by atomic mass is 9.42. The number of hydrogen-bond acceptors (Lipinski definition) is 6. The number of aromatic hydroxyl groups is 1. The Morgan fingerprint density at radius 3 is 2.31 bits per heavy atom. The second-order valence-electron chi connectivity index (χ2n) is 11.1. The van der Waals surface area contributed by atoms with Crippen molar-refractivity contribution in [3.8, 4) is 17.6 Å². The van der Waals surface area contributed by atoms with Gasteiger partial charge in [-0.05, 0) is 63.1 Å². The summed E-state index contributed by atoms with van der Waals surface area (Å²) >= 11 is 0. The standard InChI is InChI=1S/C29H32O6/c1-8-9-17-10-11-19(31)21-18(17)12-27(6)13-28(7)22(14(2)3)15(4)20(16(5)30)25(33)29(28,35)26(34)23(27)24(21)32/h10-11,14,22,31-32,35H,12-13H2,1-7H3/t22-,27+,28+,29-/m1/s1. The summed E-state index contributed by atoms with van der Waals surface area (Å²) in [5.41, 5.74) is -2.94. The lowest BCUT2D eigenvalue weighted by molar-refractivity contribution is -0.180. The highest BCUT2D eigenvalue weighted by Gasteiger charge is 2.71. The molecule has 3 aliphatic rings. The molecule has 4 rings (SSSR count). The van der Waals surface area contributed by atoms with E-state index in [-0.39, 0.29) is 34.8 Å². The summed E-state index contributed by atoms with van der Waals surface area (Å²) in [5.74, 6) is 2.40. The van der Waals surface area contributed by atoms with Crippen molar-refractivity contribution in [3.63, 3.8) is 0 Å². The van der Waals surface area contributed by atoms with E-state index in [1.807, 2.05) is 20.8 Å². The van der Waals surface area contributed by atoms with E-state index in [2.05, 4.69) is 11.8 Å². The Bertz CT molecular complexity index is 1330. The van der Waals surface area contributed by atoms with Gasteiger partial charge >= 0.3 is 0 Å². The molecule has 6 heteroatoms. The van der Waals surface area contributed by atoms with Crippen LogP contribution in [0.5, 0.6) is 5.75 Å². The van der Waals surface area contributed by atoms with Crippen molar-refractivity contribution in [1.29, 1.82) is 0 Å². The van der Waals surface area contributed by atoms with E-state index < -0.39 is 45.5 Å². The number of aliphatic hydroxyl groups is 2. The molecule has 0 unspecified atom stereocenters. The van der Waals surface area contributed by atoms with Gasteiger partial charge in [-0.1, -0.05) is 39.2 Å². The van der Waals surface area contributed by atoms with Crippen LogP contribution in [0.15, 0.2) is 28.9 Å². The molecule has 0 bridgehead atoms. The van der Waals surface area contributed by atoms with Crippen LogP contribution in [0.1, 0.15) is 71.6 Å². The Kier molecular flexibility index (Phi) is 5.46. The van der Waals surface area contributed by atoms with E-state index in [4.69, 9.17) is 0 Å². The van der Waals surface area contributed by atoms with Gasteiger partial charge in [0, 0.05) is 22.0 Å². The third kappa shape index (κ3) is 2.97. The van der Waals surface area contributed by atoms with Gasteiger partial charge < -0.3 is 15.3 Å². The maximum atomic E-state index is 14.2. The van der Waals surface area contributed by atoms with Crippen molar-refractivity contribution in [2.45, 2.75) is 66.9 Å². The largest absolute Gasteiger partial charge is 0.507 e. The van der Waals surface area contributed by atoms with Crippen molar-refractivity contribution in [2.24, 2.45) is 22.7 Å². The third-order valence-electron chi connectivity index (χ3n) is 8.46. The molecule has 3 aliphatic carbocycles. The number of rotatable bonds is 2. The molecular weight excluding hydrogens is 444 g/mol. The summed E-state index contributed by atoms with van der Waals surface area (Å²) in [5, 5.41) is 34.1. The predicted molar refractivity (Wildman–Crippen MR) is 131 cm³/mol. The van der Waals surface area contributed by atoms with Crippen LogP contribution in [0.25, 0.3) is 5.76 Å². The van der Waals surface area contributed by atoms with Crippen molar-refractivity contribution in [2.75, 3.05) is 0 Å². The zero-order valence-electron chi connectivity index (χ0n) is 21.3. The SMILES string of the molecule is CC#Cc1ccc(O)c2c1C[C@@]1(C)C[C@@]3(C)[C@H](C(C)C)C(C)=C(C(C)=O)C(=O)[C@@]3(O)C(=O)C1=C2O. The van der Waals surface area contributed by atoms with E-state index in [1.54, 1.807) is 26.8 Å². The first-order chi connectivity index (χ1) is 16.2. The number of carbonyl (C=O) groups is 3. The maximum Gasteiger partial charge on any atom is 0.206 e. The number of fused-ring (bicyclic) bond motifs is 3. The molecule has 4 atom stereocenters. The molecule has 1 saturated carbocycles. The van der Waals surface area contributed by atoms with Crippen molar-refractivity contribution in [3.05, 3.63) is 45.5 Å². The van der Waals surface area contributed by atoms with Gasteiger partial charge in [0.15, 0.2) is 11.4 Å². The molecule has 0 heterocycles. The molecule has 1 aromatic carbocycles. The van der Waals surface area contributed by atoms with Gasteiger partial charge in [0.1, 0.15) is 11.5 Å². The molecule has 0 aromatic heterocycles. The normalized spacial score (nSPS) is 32.1. The Hall–Kier alpha value is -3.17.